The molecule has 1 saturated heterocycles. The number of fused-ring (bicyclic) bond motifs is 1. The smallest absolute Gasteiger partial charge is 0.398 e. The number of aromatic nitrogens is 2. The van der Waals surface area contributed by atoms with Crippen molar-refractivity contribution in [1.82, 2.24) is 15.3 Å². The number of nitrogens with two attached hydrogens (primary N) is 1. The summed E-state index contributed by atoms with van der Waals surface area (Å²) in [6, 6.07) is 4.21. The summed E-state index contributed by atoms with van der Waals surface area (Å²) in [5.41, 5.74) is 6.77. The van der Waals surface area contributed by atoms with Crippen LogP contribution in [-0.4, -0.2) is 35.6 Å². The highest BCUT2D eigenvalue weighted by atomic mass is 19.4. The lowest BCUT2D eigenvalue weighted by atomic mass is 10.1. The van der Waals surface area contributed by atoms with E-state index in [4.69, 9.17) is 10.7 Å². The van der Waals surface area contributed by atoms with Crippen LogP contribution in [-0.2, 0) is 19.0 Å². The fraction of sp³-hybridized carbons (Fsp3) is 0.524. The van der Waals surface area contributed by atoms with Gasteiger partial charge < -0.3 is 21.3 Å². The van der Waals surface area contributed by atoms with Gasteiger partial charge in [-0.3, -0.25) is 0 Å². The summed E-state index contributed by atoms with van der Waals surface area (Å²) in [5.74, 6) is 1.24. The minimum absolute atomic E-state index is 0.268. The van der Waals surface area contributed by atoms with Gasteiger partial charge in [-0.25, -0.2) is 4.98 Å². The predicted octanol–water partition coefficient (Wildman–Crippen LogP) is 3.89. The van der Waals surface area contributed by atoms with Crippen LogP contribution in [0.4, 0.5) is 36.3 Å². The molecule has 2 aliphatic rings. The maximum absolute atomic E-state index is 13.2. The number of aryl methyl sites for hydroxylation is 1. The van der Waals surface area contributed by atoms with Crippen LogP contribution in [0.2, 0.25) is 0 Å². The summed E-state index contributed by atoms with van der Waals surface area (Å²) in [6.45, 7) is 4.93. The number of rotatable bonds is 6. The van der Waals surface area contributed by atoms with E-state index in [1.807, 2.05) is 0 Å². The third-order valence-electron chi connectivity index (χ3n) is 5.70. The van der Waals surface area contributed by atoms with Gasteiger partial charge in [0, 0.05) is 36.1 Å². The van der Waals surface area contributed by atoms with Gasteiger partial charge >= 0.3 is 6.18 Å². The van der Waals surface area contributed by atoms with E-state index in [9.17, 15) is 13.2 Å². The van der Waals surface area contributed by atoms with E-state index in [0.717, 1.165) is 69.3 Å². The predicted molar refractivity (Wildman–Crippen MR) is 112 cm³/mol. The third-order valence-corrected chi connectivity index (χ3v) is 5.70. The Labute approximate surface area is 174 Å². The Kier molecular flexibility index (Phi) is 5.73. The van der Waals surface area contributed by atoms with Crippen molar-refractivity contribution < 1.29 is 13.2 Å². The molecule has 0 unspecified atom stereocenters. The molecular weight excluding hydrogens is 393 g/mol. The van der Waals surface area contributed by atoms with Gasteiger partial charge in [0.2, 0.25) is 5.95 Å². The summed E-state index contributed by atoms with van der Waals surface area (Å²) in [7, 11) is 0. The molecule has 9 heteroatoms. The Hall–Kier alpha value is -2.55. The van der Waals surface area contributed by atoms with Gasteiger partial charge in [0.15, 0.2) is 0 Å². The number of nitrogens with zero attached hydrogens (tertiary/aromatic N) is 3. The molecule has 162 valence electrons. The van der Waals surface area contributed by atoms with Gasteiger partial charge in [-0.15, -0.1) is 0 Å². The van der Waals surface area contributed by atoms with Crippen molar-refractivity contribution in [2.75, 3.05) is 35.6 Å². The van der Waals surface area contributed by atoms with E-state index in [-0.39, 0.29) is 11.4 Å². The monoisotopic (exact) mass is 420 g/mol. The molecule has 1 aromatic carbocycles. The summed E-state index contributed by atoms with van der Waals surface area (Å²) >= 11 is 0. The molecule has 0 radical (unpaired) electrons. The molecule has 0 spiro atoms. The fourth-order valence-electron chi connectivity index (χ4n) is 4.21. The number of halogens is 3. The highest BCUT2D eigenvalue weighted by Gasteiger charge is 2.33. The Balaban J connectivity index is 1.59. The summed E-state index contributed by atoms with van der Waals surface area (Å²) < 4.78 is 39.6. The molecule has 1 fully saturated rings. The van der Waals surface area contributed by atoms with E-state index >= 15 is 0 Å². The Morgan fingerprint density at radius 1 is 1.23 bits per heavy atom. The van der Waals surface area contributed by atoms with Crippen LogP contribution in [0.5, 0.6) is 0 Å². The van der Waals surface area contributed by atoms with Crippen molar-refractivity contribution in [1.29, 1.82) is 0 Å². The zero-order chi connectivity index (χ0) is 21.3. The van der Waals surface area contributed by atoms with Gasteiger partial charge in [0.1, 0.15) is 5.82 Å². The molecule has 2 heterocycles. The lowest BCUT2D eigenvalue weighted by molar-refractivity contribution is -0.136. The van der Waals surface area contributed by atoms with E-state index in [2.05, 4.69) is 27.4 Å². The molecule has 30 heavy (non-hydrogen) atoms. The minimum atomic E-state index is -4.51. The molecular formula is C21H27F3N6. The first kappa shape index (κ1) is 20.7. The Morgan fingerprint density at radius 2 is 2.07 bits per heavy atom. The molecule has 4 rings (SSSR count). The second-order valence-corrected chi connectivity index (χ2v) is 7.96. The first-order valence-electron chi connectivity index (χ1n) is 10.5. The SMILES string of the molecule is CCCN[C@H]1CCN(c2nc(Nc3ccc(N)c(C(F)(F)F)c3)nc3c2CCC3)C1. The van der Waals surface area contributed by atoms with Gasteiger partial charge in [-0.1, -0.05) is 6.92 Å². The van der Waals surface area contributed by atoms with Crippen LogP contribution < -0.4 is 21.3 Å². The third kappa shape index (κ3) is 4.30. The van der Waals surface area contributed by atoms with E-state index in [1.165, 1.54) is 17.7 Å². The maximum Gasteiger partial charge on any atom is 0.418 e. The number of nitrogen functional groups attached to an aromatic ring is 1. The quantitative estimate of drug-likeness (QED) is 0.616. The summed E-state index contributed by atoms with van der Waals surface area (Å²) in [5, 5.41) is 6.52. The molecule has 4 N–H and O–H groups in total. The molecule has 0 saturated carbocycles. The van der Waals surface area contributed by atoms with E-state index < -0.39 is 11.7 Å². The van der Waals surface area contributed by atoms with Crippen molar-refractivity contribution in [3.05, 3.63) is 35.0 Å². The fourth-order valence-corrected chi connectivity index (χ4v) is 4.21. The van der Waals surface area contributed by atoms with Crippen LogP contribution in [0.3, 0.4) is 0 Å². The van der Waals surface area contributed by atoms with Gasteiger partial charge in [0.05, 0.1) is 11.3 Å². The van der Waals surface area contributed by atoms with Gasteiger partial charge in [0.25, 0.3) is 0 Å². The summed E-state index contributed by atoms with van der Waals surface area (Å²) in [4.78, 5) is 11.6. The lowest BCUT2D eigenvalue weighted by Crippen LogP contribution is -2.33. The Morgan fingerprint density at radius 3 is 2.83 bits per heavy atom. The molecule has 1 aromatic heterocycles. The van der Waals surface area contributed by atoms with Crippen molar-refractivity contribution in [3.63, 3.8) is 0 Å². The van der Waals surface area contributed by atoms with E-state index in [0.29, 0.717) is 12.0 Å². The molecule has 6 nitrogen and oxygen atoms in total. The zero-order valence-electron chi connectivity index (χ0n) is 17.0. The zero-order valence-corrected chi connectivity index (χ0v) is 17.0. The number of nitrogens with one attached hydrogen (secondary N) is 2. The van der Waals surface area contributed by atoms with Crippen LogP contribution >= 0.6 is 0 Å². The van der Waals surface area contributed by atoms with Crippen LogP contribution in [0.25, 0.3) is 0 Å². The number of hydrogen-bond donors (Lipinski definition) is 3. The molecule has 1 aliphatic heterocycles. The van der Waals surface area contributed by atoms with Crippen molar-refractivity contribution in [2.24, 2.45) is 0 Å². The van der Waals surface area contributed by atoms with Crippen molar-refractivity contribution >= 4 is 23.1 Å². The highest BCUT2D eigenvalue weighted by molar-refractivity contribution is 5.64. The standard InChI is InChI=1S/C21H27F3N6/c1-2-9-26-14-8-10-30(12-14)19-15-4-3-5-18(15)28-20(29-19)27-13-6-7-17(25)16(11-13)21(22,23)24/h6-7,11,14,26H,2-5,8-10,12,25H2,1H3,(H,27,28,29)/t14-/m0/s1. The number of alkyl halides is 3. The number of anilines is 4. The minimum Gasteiger partial charge on any atom is -0.398 e. The normalized spacial score (nSPS) is 18.7. The topological polar surface area (TPSA) is 79.1 Å². The summed E-state index contributed by atoms with van der Waals surface area (Å²) in [6.07, 6.45) is 0.451. The first-order valence-corrected chi connectivity index (χ1v) is 10.5. The second kappa shape index (κ2) is 8.29. The number of hydrogen-bond acceptors (Lipinski definition) is 6. The molecule has 1 atom stereocenters. The Bertz CT molecular complexity index is 914. The second-order valence-electron chi connectivity index (χ2n) is 7.96. The van der Waals surface area contributed by atoms with Crippen LogP contribution in [0, 0.1) is 0 Å². The lowest BCUT2D eigenvalue weighted by Gasteiger charge is -2.22. The molecule has 0 amide bonds. The molecule has 1 aliphatic carbocycles. The van der Waals surface area contributed by atoms with E-state index in [1.54, 1.807) is 0 Å². The van der Waals surface area contributed by atoms with Crippen molar-refractivity contribution in [3.8, 4) is 0 Å². The average molecular weight is 420 g/mol. The van der Waals surface area contributed by atoms with Gasteiger partial charge in [-0.2, -0.15) is 18.2 Å². The maximum atomic E-state index is 13.2. The van der Waals surface area contributed by atoms with Crippen molar-refractivity contribution in [2.45, 2.75) is 51.2 Å². The first-order chi connectivity index (χ1) is 14.3. The highest BCUT2D eigenvalue weighted by Crippen LogP contribution is 2.36. The largest absolute Gasteiger partial charge is 0.418 e. The van der Waals surface area contributed by atoms with Gasteiger partial charge in [-0.05, 0) is 56.8 Å². The number of benzene rings is 1. The van der Waals surface area contributed by atoms with Crippen LogP contribution in [0.1, 0.15) is 43.0 Å². The molecule has 2 aromatic rings. The molecule has 0 bridgehead atoms. The average Bonchev–Trinajstić information content (AvgIpc) is 3.35. The van der Waals surface area contributed by atoms with Crippen LogP contribution in [0.15, 0.2) is 18.2 Å².